The van der Waals surface area contributed by atoms with E-state index < -0.39 is 0 Å². The summed E-state index contributed by atoms with van der Waals surface area (Å²) in [7, 11) is 1.61. The van der Waals surface area contributed by atoms with Crippen molar-refractivity contribution in [3.8, 4) is 11.5 Å². The summed E-state index contributed by atoms with van der Waals surface area (Å²) in [6, 6.07) is 20.7. The fourth-order valence-electron chi connectivity index (χ4n) is 3.85. The Morgan fingerprint density at radius 1 is 0.972 bits per heavy atom. The highest BCUT2D eigenvalue weighted by Crippen LogP contribution is 2.33. The molecular weight excluding hydrogens is 462 g/mol. The highest BCUT2D eigenvalue weighted by Gasteiger charge is 2.35. The number of hydrazone groups is 1. The molecule has 0 bridgehead atoms. The maximum atomic E-state index is 13.1. The van der Waals surface area contributed by atoms with Crippen LogP contribution < -0.4 is 14.8 Å². The van der Waals surface area contributed by atoms with Crippen molar-refractivity contribution < 1.29 is 27.9 Å². The summed E-state index contributed by atoms with van der Waals surface area (Å²) in [6.07, 6.45) is 3.52. The first-order valence-electron chi connectivity index (χ1n) is 11.3. The van der Waals surface area contributed by atoms with Gasteiger partial charge in [-0.05, 0) is 78.4 Å². The molecule has 1 aliphatic rings. The Morgan fingerprint density at radius 2 is 1.69 bits per heavy atom. The summed E-state index contributed by atoms with van der Waals surface area (Å²) < 4.78 is 21.6. The average molecular weight is 485 g/mol. The molecule has 1 N–H and O–H groups in total. The predicted octanol–water partition coefficient (Wildman–Crippen LogP) is 4.89. The van der Waals surface area contributed by atoms with Crippen LogP contribution in [0.3, 0.4) is 0 Å². The minimum atomic E-state index is -0.368. The van der Waals surface area contributed by atoms with E-state index in [1.165, 1.54) is 11.3 Å². The summed E-state index contributed by atoms with van der Waals surface area (Å²) in [5.74, 6) is 1.42. The second-order valence-electron chi connectivity index (χ2n) is 7.99. The maximum absolute atomic E-state index is 13.1. The summed E-state index contributed by atoms with van der Waals surface area (Å²) in [5.41, 5.74) is 2.24. The topological polar surface area (TPSA) is 107 Å². The van der Waals surface area contributed by atoms with Gasteiger partial charge in [-0.1, -0.05) is 0 Å². The van der Waals surface area contributed by atoms with Crippen LogP contribution in [0.5, 0.6) is 11.5 Å². The Bertz CT molecular complexity index is 1340. The number of furan rings is 2. The predicted molar refractivity (Wildman–Crippen MR) is 131 cm³/mol. The zero-order valence-corrected chi connectivity index (χ0v) is 19.4. The number of hydrogen-bond acceptors (Lipinski definition) is 7. The monoisotopic (exact) mass is 485 g/mol. The lowest BCUT2D eigenvalue weighted by atomic mass is 10.0. The fourth-order valence-corrected chi connectivity index (χ4v) is 3.85. The number of hydrogen-bond donors (Lipinski definition) is 1. The molecule has 0 fully saturated rings. The van der Waals surface area contributed by atoms with E-state index in [9.17, 15) is 9.59 Å². The molecule has 0 radical (unpaired) electrons. The smallest absolute Gasteiger partial charge is 0.291 e. The Labute approximate surface area is 206 Å². The van der Waals surface area contributed by atoms with Crippen LogP contribution in [0.15, 0.2) is 99.3 Å². The summed E-state index contributed by atoms with van der Waals surface area (Å²) in [4.78, 5) is 25.2. The van der Waals surface area contributed by atoms with Crippen LogP contribution in [-0.4, -0.2) is 36.3 Å². The molecule has 4 aromatic rings. The van der Waals surface area contributed by atoms with Crippen LogP contribution in [0, 0.1) is 0 Å². The molecule has 1 atom stereocenters. The Kier molecular flexibility index (Phi) is 6.53. The summed E-state index contributed by atoms with van der Waals surface area (Å²) in [5, 5.41) is 8.74. The number of nitrogens with one attached hydrogen (secondary N) is 1. The molecule has 0 aliphatic carbocycles. The van der Waals surface area contributed by atoms with Crippen LogP contribution in [0.4, 0.5) is 5.69 Å². The standard InChI is InChI=1S/C27H23N3O6/c1-33-20-10-6-18(7-11-20)22-16-23(24-4-2-14-34-24)30(29-22)26(31)17-36-21-12-8-19(9-13-21)28-27(32)25-5-3-15-35-25/h2-15,23H,16-17H2,1H3,(H,28,32)/t23-/m0/s1. The van der Waals surface area contributed by atoms with E-state index in [2.05, 4.69) is 10.4 Å². The number of carbonyl (C=O) groups excluding carboxylic acids is 2. The van der Waals surface area contributed by atoms with Crippen LogP contribution >= 0.6 is 0 Å². The van der Waals surface area contributed by atoms with Gasteiger partial charge in [0.2, 0.25) is 0 Å². The van der Waals surface area contributed by atoms with Crippen LogP contribution in [0.1, 0.15) is 34.3 Å². The van der Waals surface area contributed by atoms with Gasteiger partial charge in [0.05, 0.1) is 25.3 Å². The van der Waals surface area contributed by atoms with Crippen LogP contribution in [-0.2, 0) is 4.79 Å². The first kappa shape index (κ1) is 23.0. The Balaban J connectivity index is 1.25. The van der Waals surface area contributed by atoms with Gasteiger partial charge < -0.3 is 23.6 Å². The van der Waals surface area contributed by atoms with Gasteiger partial charge in [0, 0.05) is 12.1 Å². The lowest BCUT2D eigenvalue weighted by Crippen LogP contribution is -2.31. The van der Waals surface area contributed by atoms with E-state index >= 15 is 0 Å². The Hall–Kier alpha value is -4.79. The molecule has 9 heteroatoms. The molecule has 1 aliphatic heterocycles. The number of amides is 2. The lowest BCUT2D eigenvalue weighted by molar-refractivity contribution is -0.135. The van der Waals surface area contributed by atoms with Gasteiger partial charge in [0.1, 0.15) is 23.3 Å². The molecule has 3 heterocycles. The molecule has 36 heavy (non-hydrogen) atoms. The summed E-state index contributed by atoms with van der Waals surface area (Å²) >= 11 is 0. The van der Waals surface area contributed by atoms with E-state index in [0.29, 0.717) is 23.6 Å². The van der Waals surface area contributed by atoms with E-state index in [0.717, 1.165) is 17.0 Å². The number of carbonyl (C=O) groups is 2. The molecule has 2 aromatic carbocycles. The van der Waals surface area contributed by atoms with Crippen molar-refractivity contribution in [1.29, 1.82) is 0 Å². The molecule has 182 valence electrons. The van der Waals surface area contributed by atoms with Gasteiger partial charge in [-0.3, -0.25) is 9.59 Å². The molecule has 0 unspecified atom stereocenters. The number of benzene rings is 2. The molecule has 2 amide bonds. The van der Waals surface area contributed by atoms with Gasteiger partial charge in [0.15, 0.2) is 12.4 Å². The van der Waals surface area contributed by atoms with Gasteiger partial charge in [-0.25, -0.2) is 5.01 Å². The fraction of sp³-hybridized carbons (Fsp3) is 0.148. The molecule has 2 aromatic heterocycles. The van der Waals surface area contributed by atoms with Crippen LogP contribution in [0.25, 0.3) is 0 Å². The highest BCUT2D eigenvalue weighted by atomic mass is 16.5. The van der Waals surface area contributed by atoms with E-state index in [-0.39, 0.29) is 30.2 Å². The largest absolute Gasteiger partial charge is 0.497 e. The van der Waals surface area contributed by atoms with Crippen molar-refractivity contribution in [1.82, 2.24) is 5.01 Å². The molecular formula is C27H23N3O6. The number of nitrogens with zero attached hydrogens (tertiary/aromatic N) is 2. The van der Waals surface area contributed by atoms with Crippen molar-refractivity contribution in [3.63, 3.8) is 0 Å². The van der Waals surface area contributed by atoms with Gasteiger partial charge in [-0.2, -0.15) is 5.10 Å². The molecule has 5 rings (SSSR count). The number of ether oxygens (including phenoxy) is 2. The minimum absolute atomic E-state index is 0.214. The molecule has 0 spiro atoms. The van der Waals surface area contributed by atoms with Crippen LogP contribution in [0.2, 0.25) is 0 Å². The van der Waals surface area contributed by atoms with Crippen molar-refractivity contribution in [2.45, 2.75) is 12.5 Å². The molecule has 9 nitrogen and oxygen atoms in total. The SMILES string of the molecule is COc1ccc(C2=NN(C(=O)COc3ccc(NC(=O)c4ccco4)cc3)[C@H](c3ccco3)C2)cc1. The zero-order valence-electron chi connectivity index (χ0n) is 19.4. The quantitative estimate of drug-likeness (QED) is 0.381. The first-order valence-corrected chi connectivity index (χ1v) is 11.3. The second kappa shape index (κ2) is 10.2. The third-order valence-electron chi connectivity index (χ3n) is 5.68. The number of methoxy groups -OCH3 is 1. The van der Waals surface area contributed by atoms with E-state index in [1.807, 2.05) is 30.3 Å². The third-order valence-corrected chi connectivity index (χ3v) is 5.68. The second-order valence-corrected chi connectivity index (χ2v) is 7.99. The average Bonchev–Trinajstić information content (AvgIpc) is 3.69. The third kappa shape index (κ3) is 5.00. The normalized spacial score (nSPS) is 14.9. The minimum Gasteiger partial charge on any atom is -0.497 e. The Morgan fingerprint density at radius 3 is 2.36 bits per heavy atom. The summed E-state index contributed by atoms with van der Waals surface area (Å²) in [6.45, 7) is -0.214. The van der Waals surface area contributed by atoms with Gasteiger partial charge in [-0.15, -0.1) is 0 Å². The number of anilines is 1. The highest BCUT2D eigenvalue weighted by molar-refractivity contribution is 6.03. The zero-order chi connectivity index (χ0) is 24.9. The van der Waals surface area contributed by atoms with E-state index in [4.69, 9.17) is 18.3 Å². The van der Waals surface area contributed by atoms with E-state index in [1.54, 1.807) is 55.8 Å². The van der Waals surface area contributed by atoms with Crippen molar-refractivity contribution >= 4 is 23.2 Å². The molecule has 0 saturated carbocycles. The van der Waals surface area contributed by atoms with Gasteiger partial charge in [0.25, 0.3) is 11.8 Å². The van der Waals surface area contributed by atoms with Crippen molar-refractivity contribution in [3.05, 3.63) is 102 Å². The lowest BCUT2D eigenvalue weighted by Gasteiger charge is -2.20. The first-order chi connectivity index (χ1) is 17.6. The number of rotatable bonds is 8. The molecule has 0 saturated heterocycles. The van der Waals surface area contributed by atoms with Crippen molar-refractivity contribution in [2.24, 2.45) is 5.10 Å². The van der Waals surface area contributed by atoms with Crippen molar-refractivity contribution in [2.75, 3.05) is 19.0 Å². The maximum Gasteiger partial charge on any atom is 0.291 e. The van der Waals surface area contributed by atoms with Gasteiger partial charge >= 0.3 is 0 Å².